The molecule has 0 spiro atoms. The summed E-state index contributed by atoms with van der Waals surface area (Å²) in [7, 11) is 3.79. The van der Waals surface area contributed by atoms with Crippen LogP contribution in [0.2, 0.25) is 0 Å². The van der Waals surface area contributed by atoms with Crippen LogP contribution >= 0.6 is 0 Å². The lowest BCUT2D eigenvalue weighted by molar-refractivity contribution is -0.883. The van der Waals surface area contributed by atoms with E-state index >= 15 is 0 Å². The first-order valence-electron chi connectivity index (χ1n) is 10.8. The largest absolute Gasteiger partial charge is 0.395 e. The Labute approximate surface area is 166 Å². The van der Waals surface area contributed by atoms with Crippen molar-refractivity contribution in [1.82, 2.24) is 5.32 Å². The zero-order chi connectivity index (χ0) is 20.4. The molecule has 0 aliphatic rings. The molecule has 0 rings (SSSR count). The molecule has 0 saturated heterocycles. The Morgan fingerprint density at radius 2 is 1.37 bits per heavy atom. The average molecular weight is 388 g/mol. The Kier molecular flexibility index (Phi) is 16.3. The monoisotopic (exact) mass is 387 g/mol. The summed E-state index contributed by atoms with van der Waals surface area (Å²) in [6.07, 6.45) is 15.5. The minimum absolute atomic E-state index is 0.114. The molecule has 160 valence electrons. The van der Waals surface area contributed by atoms with Crippen LogP contribution in [0.5, 0.6) is 0 Å². The highest BCUT2D eigenvalue weighted by Gasteiger charge is 2.20. The van der Waals surface area contributed by atoms with Crippen LogP contribution in [0.15, 0.2) is 0 Å². The SMILES string of the molecule is CCCCCCCCCCCCCC(=O)NCCC[N+](C)(C)CC(=O)OO. The predicted octanol–water partition coefficient (Wildman–Crippen LogP) is 4.29. The second-order valence-electron chi connectivity index (χ2n) is 8.27. The van der Waals surface area contributed by atoms with Crippen LogP contribution in [-0.2, 0) is 14.5 Å². The molecule has 6 nitrogen and oxygen atoms in total. The second kappa shape index (κ2) is 17.0. The lowest BCUT2D eigenvalue weighted by atomic mass is 10.1. The first-order valence-corrected chi connectivity index (χ1v) is 10.8. The normalized spacial score (nSPS) is 11.4. The van der Waals surface area contributed by atoms with Crippen molar-refractivity contribution in [2.75, 3.05) is 33.7 Å². The Bertz CT molecular complexity index is 386. The summed E-state index contributed by atoms with van der Waals surface area (Å²) < 4.78 is 0.424. The maximum atomic E-state index is 11.8. The van der Waals surface area contributed by atoms with Crippen LogP contribution < -0.4 is 5.32 Å². The molecule has 0 unspecified atom stereocenters. The summed E-state index contributed by atoms with van der Waals surface area (Å²) in [6.45, 7) is 3.71. The number of likely N-dealkylation sites (N-methyl/N-ethyl adjacent to an activating group) is 1. The van der Waals surface area contributed by atoms with Crippen molar-refractivity contribution >= 4 is 11.9 Å². The molecule has 0 saturated carbocycles. The van der Waals surface area contributed by atoms with Gasteiger partial charge in [-0.3, -0.25) is 9.68 Å². The summed E-state index contributed by atoms with van der Waals surface area (Å²) in [4.78, 5) is 26.6. The van der Waals surface area contributed by atoms with E-state index in [9.17, 15) is 9.59 Å². The lowest BCUT2D eigenvalue weighted by Crippen LogP contribution is -2.45. The summed E-state index contributed by atoms with van der Waals surface area (Å²) in [5.74, 6) is -0.522. The zero-order valence-corrected chi connectivity index (χ0v) is 17.9. The first-order chi connectivity index (χ1) is 12.9. The van der Waals surface area contributed by atoms with Gasteiger partial charge in [0.25, 0.3) is 0 Å². The molecule has 0 aliphatic heterocycles. The van der Waals surface area contributed by atoms with Gasteiger partial charge in [0.05, 0.1) is 20.6 Å². The third-order valence-corrected chi connectivity index (χ3v) is 4.93. The summed E-state index contributed by atoms with van der Waals surface area (Å²) in [5, 5.41) is 11.3. The van der Waals surface area contributed by atoms with Gasteiger partial charge in [-0.25, -0.2) is 4.79 Å². The van der Waals surface area contributed by atoms with Crippen molar-refractivity contribution in [1.29, 1.82) is 0 Å². The molecule has 27 heavy (non-hydrogen) atoms. The van der Waals surface area contributed by atoms with Crippen LogP contribution in [0.1, 0.15) is 90.4 Å². The molecule has 0 fully saturated rings. The number of carbonyl (C=O) groups excluding carboxylic acids is 2. The molecule has 0 bridgehead atoms. The van der Waals surface area contributed by atoms with Gasteiger partial charge >= 0.3 is 5.97 Å². The minimum Gasteiger partial charge on any atom is -0.356 e. The minimum atomic E-state index is -0.638. The van der Waals surface area contributed by atoms with Crippen LogP contribution in [0.4, 0.5) is 0 Å². The van der Waals surface area contributed by atoms with E-state index in [1.165, 1.54) is 57.8 Å². The van der Waals surface area contributed by atoms with Gasteiger partial charge in [-0.15, -0.1) is 0 Å². The number of hydrogen-bond acceptors (Lipinski definition) is 4. The zero-order valence-electron chi connectivity index (χ0n) is 17.9. The standard InChI is InChI=1S/C21H42N2O4/c1-4-5-6-7-8-9-10-11-12-13-14-16-20(24)22-17-15-18-23(2,3)19-21(25)27-26/h4-19H2,1-3H3,(H-,22,24,26)/p+1. The molecule has 2 N–H and O–H groups in total. The van der Waals surface area contributed by atoms with E-state index in [2.05, 4.69) is 17.1 Å². The van der Waals surface area contributed by atoms with Crippen LogP contribution in [0.25, 0.3) is 0 Å². The number of rotatable bonds is 18. The van der Waals surface area contributed by atoms with Crippen LogP contribution in [0.3, 0.4) is 0 Å². The fourth-order valence-electron chi connectivity index (χ4n) is 3.23. The number of carbonyl (C=O) groups is 2. The number of nitrogens with one attached hydrogen (secondary N) is 1. The molecular formula is C21H43N2O4+. The van der Waals surface area contributed by atoms with E-state index in [4.69, 9.17) is 5.26 Å². The Morgan fingerprint density at radius 3 is 1.89 bits per heavy atom. The van der Waals surface area contributed by atoms with Gasteiger partial charge in [-0.1, -0.05) is 71.1 Å². The molecule has 0 aliphatic carbocycles. The quantitative estimate of drug-likeness (QED) is 0.159. The molecule has 6 heteroatoms. The predicted molar refractivity (Wildman–Crippen MR) is 109 cm³/mol. The maximum Gasteiger partial charge on any atom is 0.395 e. The number of amides is 1. The fraction of sp³-hybridized carbons (Fsp3) is 0.905. The van der Waals surface area contributed by atoms with Gasteiger partial charge in [0.15, 0.2) is 6.54 Å². The van der Waals surface area contributed by atoms with Gasteiger partial charge < -0.3 is 9.80 Å². The smallest absolute Gasteiger partial charge is 0.356 e. The molecule has 1 amide bonds. The Morgan fingerprint density at radius 1 is 0.852 bits per heavy atom. The Hall–Kier alpha value is -1.14. The molecule has 0 aromatic carbocycles. The first kappa shape index (κ1) is 25.9. The summed E-state index contributed by atoms with van der Waals surface area (Å²) >= 11 is 0. The van der Waals surface area contributed by atoms with Crippen molar-refractivity contribution in [2.45, 2.75) is 90.4 Å². The van der Waals surface area contributed by atoms with Gasteiger partial charge in [0, 0.05) is 19.4 Å². The number of hydrogen-bond donors (Lipinski definition) is 2. The molecular weight excluding hydrogens is 344 g/mol. The van der Waals surface area contributed by atoms with Crippen molar-refractivity contribution < 1.29 is 24.2 Å². The molecule has 0 atom stereocenters. The van der Waals surface area contributed by atoms with Crippen molar-refractivity contribution in [3.63, 3.8) is 0 Å². The van der Waals surface area contributed by atoms with Gasteiger partial charge in [0.2, 0.25) is 5.91 Å². The fourth-order valence-corrected chi connectivity index (χ4v) is 3.23. The van der Waals surface area contributed by atoms with Crippen molar-refractivity contribution in [2.24, 2.45) is 0 Å². The Balaban J connectivity index is 3.43. The average Bonchev–Trinajstić information content (AvgIpc) is 2.62. The molecule has 0 aromatic rings. The van der Waals surface area contributed by atoms with Crippen molar-refractivity contribution in [3.8, 4) is 0 Å². The van der Waals surface area contributed by atoms with Gasteiger partial charge in [-0.2, -0.15) is 5.26 Å². The third kappa shape index (κ3) is 18.0. The van der Waals surface area contributed by atoms with E-state index in [0.29, 0.717) is 17.4 Å². The molecule has 0 radical (unpaired) electrons. The van der Waals surface area contributed by atoms with Gasteiger partial charge in [0.1, 0.15) is 0 Å². The topological polar surface area (TPSA) is 75.6 Å². The molecule has 0 aromatic heterocycles. The highest BCUT2D eigenvalue weighted by atomic mass is 17.1. The van der Waals surface area contributed by atoms with E-state index in [0.717, 1.165) is 25.8 Å². The lowest BCUT2D eigenvalue weighted by Gasteiger charge is -2.27. The highest BCUT2D eigenvalue weighted by molar-refractivity contribution is 5.75. The number of unbranched alkanes of at least 4 members (excludes halogenated alkanes) is 10. The maximum absolute atomic E-state index is 11.8. The molecule has 0 heterocycles. The van der Waals surface area contributed by atoms with Crippen LogP contribution in [0, 0.1) is 0 Å². The highest BCUT2D eigenvalue weighted by Crippen LogP contribution is 2.11. The second-order valence-corrected chi connectivity index (χ2v) is 8.27. The number of quaternary nitrogens is 1. The van der Waals surface area contributed by atoms with E-state index in [1.54, 1.807) is 0 Å². The number of nitrogens with zero attached hydrogens (tertiary/aromatic N) is 1. The van der Waals surface area contributed by atoms with E-state index < -0.39 is 5.97 Å². The van der Waals surface area contributed by atoms with E-state index in [-0.39, 0.29) is 12.5 Å². The van der Waals surface area contributed by atoms with Crippen LogP contribution in [-0.4, -0.2) is 55.3 Å². The summed E-state index contributed by atoms with van der Waals surface area (Å²) in [6, 6.07) is 0. The summed E-state index contributed by atoms with van der Waals surface area (Å²) in [5.41, 5.74) is 0. The van der Waals surface area contributed by atoms with E-state index in [1.807, 2.05) is 14.1 Å². The van der Waals surface area contributed by atoms with Gasteiger partial charge in [-0.05, 0) is 6.42 Å². The van der Waals surface area contributed by atoms with Crippen molar-refractivity contribution in [3.05, 3.63) is 0 Å². The third-order valence-electron chi connectivity index (χ3n) is 4.93.